The number of hydrogen-bond donors (Lipinski definition) is 4. The predicted octanol–water partition coefficient (Wildman–Crippen LogP) is -3.55. The van der Waals surface area contributed by atoms with Gasteiger partial charge in [-0.15, -0.1) is 0 Å². The summed E-state index contributed by atoms with van der Waals surface area (Å²) < 4.78 is 0. The number of carbonyl (C=O) groups is 3. The molecule has 2 rings (SSSR count). The maximum atomic E-state index is 12.7. The zero-order chi connectivity index (χ0) is 22.3. The zero-order valence-corrected chi connectivity index (χ0v) is 18.4. The Hall–Kier alpha value is -2.34. The van der Waals surface area contributed by atoms with Gasteiger partial charge >= 0.3 is 24.8 Å². The number of carboxylic acids is 1. The number of benzene rings is 1. The molecule has 0 bridgehead atoms. The molecule has 164 valence electrons. The Bertz CT molecular complexity index is 787. The summed E-state index contributed by atoms with van der Waals surface area (Å²) in [5.41, 5.74) is 0.855. The Labute approximate surface area is 194 Å². The second kappa shape index (κ2) is 12.5. The van der Waals surface area contributed by atoms with Gasteiger partial charge in [0.05, 0.1) is 0 Å². The monoisotopic (exact) mass is 424 g/mol. The largest absolute Gasteiger partial charge is 1.00 e. The van der Waals surface area contributed by atoms with Crippen LogP contribution >= 0.6 is 0 Å². The number of nitrogens with one attached hydrogen (secondary N) is 3. The molecule has 1 aromatic carbocycles. The maximum absolute atomic E-state index is 12.7. The molecule has 0 aromatic heterocycles. The van der Waals surface area contributed by atoms with Crippen molar-refractivity contribution in [2.24, 2.45) is 10.9 Å². The van der Waals surface area contributed by atoms with E-state index >= 15 is 0 Å². The molecule has 1 aliphatic rings. The Kier molecular flexibility index (Phi) is 10.8. The van der Waals surface area contributed by atoms with Gasteiger partial charge in [-0.25, -0.2) is 4.79 Å². The number of carbonyl (C=O) groups excluding carboxylic acids is 2. The van der Waals surface area contributed by atoms with E-state index in [9.17, 15) is 24.6 Å². The summed E-state index contributed by atoms with van der Waals surface area (Å²) in [7, 11) is 0. The summed E-state index contributed by atoms with van der Waals surface area (Å²) in [5.74, 6) is -2.65. The maximum Gasteiger partial charge on any atom is 1.00 e. The van der Waals surface area contributed by atoms with Gasteiger partial charge in [-0.3, -0.25) is 19.9 Å². The third kappa shape index (κ3) is 9.13. The van der Waals surface area contributed by atoms with Crippen LogP contribution in [0.5, 0.6) is 0 Å². The number of aliphatic carboxylic acids is 1. The number of aliphatic imine (C=N–C) groups is 1. The average Bonchev–Trinajstić information content (AvgIpc) is 3.42. The van der Waals surface area contributed by atoms with Gasteiger partial charge in [-0.05, 0) is 30.7 Å². The van der Waals surface area contributed by atoms with Crippen LogP contribution in [-0.4, -0.2) is 59.5 Å². The third-order valence-electron chi connectivity index (χ3n) is 4.72. The van der Waals surface area contributed by atoms with E-state index in [-0.39, 0.29) is 55.6 Å². The van der Waals surface area contributed by atoms with Crippen LogP contribution in [-0.2, 0) is 20.8 Å². The average molecular weight is 424 g/mol. The van der Waals surface area contributed by atoms with Crippen molar-refractivity contribution < 1.29 is 43.5 Å². The molecular formula is C21H29LiN4O5. The quantitative estimate of drug-likeness (QED) is 0.125. The number of nitrogens with zero attached hydrogens (tertiary/aromatic N) is 1. The molecule has 4 N–H and O–H groups in total. The fraction of sp³-hybridized carbons (Fsp3) is 0.524. The van der Waals surface area contributed by atoms with Crippen LogP contribution in [0.2, 0.25) is 0 Å². The standard InChI is InChI=1S/C21H30N4O5.Li/c1-12(2)9-16(21(29)30)24-17(26)11-22-19(27)15(10-14-7-5-4-6-8-14)25-20(28)18-13(3)23-18;/h4-8,12-13,15-16,18,23H,9-11H2,1-3H3,(H,22,27)(H,24,26)(H,25,28)(H,29,30);/q;+1/p-1/t13-,15-,16-,18-;/m0./s1. The second-order valence-corrected chi connectivity index (χ2v) is 7.91. The molecule has 31 heavy (non-hydrogen) atoms. The SMILES string of the molecule is CC(C)C[C@H](N=C([O-])CNC(=O)[C@H](Cc1ccccc1)NC(=O)[C@H]1N[C@H]1C)C(=O)O.[Li+]. The molecular weight excluding hydrogens is 395 g/mol. The van der Waals surface area contributed by atoms with Crippen molar-refractivity contribution in [1.29, 1.82) is 0 Å². The van der Waals surface area contributed by atoms with Crippen molar-refractivity contribution in [3.8, 4) is 0 Å². The first kappa shape index (κ1) is 26.7. The molecule has 9 nitrogen and oxygen atoms in total. The van der Waals surface area contributed by atoms with E-state index in [1.165, 1.54) is 0 Å². The van der Waals surface area contributed by atoms with E-state index in [0.717, 1.165) is 5.56 Å². The molecule has 1 fully saturated rings. The minimum absolute atomic E-state index is 0. The van der Waals surface area contributed by atoms with Crippen molar-refractivity contribution in [3.05, 3.63) is 35.9 Å². The molecule has 0 radical (unpaired) electrons. The minimum Gasteiger partial charge on any atom is -0.861 e. The Morgan fingerprint density at radius 1 is 1.23 bits per heavy atom. The van der Waals surface area contributed by atoms with E-state index in [4.69, 9.17) is 0 Å². The molecule has 1 saturated heterocycles. The normalized spacial score (nSPS) is 19.7. The van der Waals surface area contributed by atoms with Gasteiger partial charge in [0.15, 0.2) is 0 Å². The van der Waals surface area contributed by atoms with Gasteiger partial charge in [0, 0.05) is 19.0 Å². The fourth-order valence-electron chi connectivity index (χ4n) is 3.01. The number of rotatable bonds is 11. The van der Waals surface area contributed by atoms with Crippen molar-refractivity contribution in [2.75, 3.05) is 6.54 Å². The van der Waals surface area contributed by atoms with Gasteiger partial charge in [-0.2, -0.15) is 0 Å². The van der Waals surface area contributed by atoms with Gasteiger partial charge in [0.25, 0.3) is 0 Å². The van der Waals surface area contributed by atoms with Crippen LogP contribution < -0.4 is 39.9 Å². The van der Waals surface area contributed by atoms with Crippen LogP contribution in [0, 0.1) is 5.92 Å². The van der Waals surface area contributed by atoms with E-state index in [1.807, 2.05) is 51.1 Å². The number of amides is 2. The Morgan fingerprint density at radius 3 is 2.35 bits per heavy atom. The summed E-state index contributed by atoms with van der Waals surface area (Å²) in [5, 5.41) is 29.4. The Balaban J connectivity index is 0.00000480. The molecule has 1 aliphatic heterocycles. The van der Waals surface area contributed by atoms with Gasteiger partial charge in [-0.1, -0.05) is 44.2 Å². The smallest absolute Gasteiger partial charge is 0.861 e. The van der Waals surface area contributed by atoms with Crippen LogP contribution in [0.15, 0.2) is 35.3 Å². The number of carboxylic acid groups (broad SMARTS) is 1. The van der Waals surface area contributed by atoms with E-state index in [0.29, 0.717) is 0 Å². The van der Waals surface area contributed by atoms with Crippen LogP contribution in [0.1, 0.15) is 32.8 Å². The summed E-state index contributed by atoms with van der Waals surface area (Å²) >= 11 is 0. The van der Waals surface area contributed by atoms with Crippen LogP contribution in [0.4, 0.5) is 0 Å². The minimum atomic E-state index is -1.18. The second-order valence-electron chi connectivity index (χ2n) is 7.91. The topological polar surface area (TPSA) is 153 Å². The first-order chi connectivity index (χ1) is 14.2. The van der Waals surface area contributed by atoms with Crippen molar-refractivity contribution in [2.45, 2.75) is 57.8 Å². The summed E-state index contributed by atoms with van der Waals surface area (Å²) in [6.07, 6.45) is 0.490. The molecule has 0 spiro atoms. The van der Waals surface area contributed by atoms with Gasteiger partial charge < -0.3 is 20.8 Å². The first-order valence-corrected chi connectivity index (χ1v) is 10.0. The summed E-state index contributed by atoms with van der Waals surface area (Å²) in [6.45, 7) is 5.11. The van der Waals surface area contributed by atoms with Crippen molar-refractivity contribution >= 4 is 23.7 Å². The zero-order valence-electron chi connectivity index (χ0n) is 18.4. The van der Waals surface area contributed by atoms with E-state index in [2.05, 4.69) is 20.9 Å². The predicted molar refractivity (Wildman–Crippen MR) is 110 cm³/mol. The van der Waals surface area contributed by atoms with Crippen LogP contribution in [0.3, 0.4) is 0 Å². The number of hydrogen-bond acceptors (Lipinski definition) is 6. The van der Waals surface area contributed by atoms with Crippen LogP contribution in [0.25, 0.3) is 0 Å². The van der Waals surface area contributed by atoms with Crippen molar-refractivity contribution in [3.63, 3.8) is 0 Å². The Morgan fingerprint density at radius 2 is 1.84 bits per heavy atom. The molecule has 4 atom stereocenters. The van der Waals surface area contributed by atoms with Gasteiger partial charge in [0.1, 0.15) is 18.1 Å². The summed E-state index contributed by atoms with van der Waals surface area (Å²) in [6, 6.07) is 6.91. The molecule has 1 heterocycles. The molecule has 2 amide bonds. The van der Waals surface area contributed by atoms with Gasteiger partial charge in [0.2, 0.25) is 11.8 Å². The third-order valence-corrected chi connectivity index (χ3v) is 4.72. The molecule has 0 saturated carbocycles. The molecule has 1 aromatic rings. The van der Waals surface area contributed by atoms with E-state index in [1.54, 1.807) is 0 Å². The van der Waals surface area contributed by atoms with E-state index < -0.39 is 36.4 Å². The molecule has 10 heteroatoms. The molecule has 0 aliphatic carbocycles. The first-order valence-electron chi connectivity index (χ1n) is 10.0. The van der Waals surface area contributed by atoms with Crippen molar-refractivity contribution in [1.82, 2.24) is 16.0 Å². The summed E-state index contributed by atoms with van der Waals surface area (Å²) in [4.78, 5) is 39.9. The fourth-order valence-corrected chi connectivity index (χ4v) is 3.01. The molecule has 0 unspecified atom stereocenters.